The lowest BCUT2D eigenvalue weighted by Gasteiger charge is -2.27. The lowest BCUT2D eigenvalue weighted by molar-refractivity contribution is -0.307. The highest BCUT2D eigenvalue weighted by molar-refractivity contribution is 9.11. The van der Waals surface area contributed by atoms with Crippen molar-refractivity contribution in [1.82, 2.24) is 0 Å². The summed E-state index contributed by atoms with van der Waals surface area (Å²) < 4.78 is 74.8. The Morgan fingerprint density at radius 1 is 1.17 bits per heavy atom. The molecule has 0 radical (unpaired) electrons. The smallest absolute Gasteiger partial charge is 0.387 e. The quantitative estimate of drug-likeness (QED) is 0.768. The highest BCUT2D eigenvalue weighted by Gasteiger charge is 2.60. The second kappa shape index (κ2) is 5.01. The van der Waals surface area contributed by atoms with Gasteiger partial charge in [0.25, 0.3) is 0 Å². The first-order valence-electron chi connectivity index (χ1n) is 4.52. The average Bonchev–Trinajstić information content (AvgIpc) is 2.39. The molecule has 18 heavy (non-hydrogen) atoms. The molecule has 1 atom stereocenters. The molecule has 1 heterocycles. The zero-order valence-electron chi connectivity index (χ0n) is 8.73. The molecular formula is C9H7BrF6OS. The van der Waals surface area contributed by atoms with E-state index < -0.39 is 24.4 Å². The van der Waals surface area contributed by atoms with Crippen LogP contribution in [0.25, 0.3) is 0 Å². The van der Waals surface area contributed by atoms with Crippen molar-refractivity contribution >= 4 is 27.3 Å². The van der Waals surface area contributed by atoms with Crippen LogP contribution in [0.15, 0.2) is 9.85 Å². The summed E-state index contributed by atoms with van der Waals surface area (Å²) in [7, 11) is 0. The molecule has 1 rings (SSSR count). The zero-order chi connectivity index (χ0) is 14.3. The van der Waals surface area contributed by atoms with Crippen molar-refractivity contribution in [2.45, 2.75) is 25.4 Å². The average molecular weight is 357 g/mol. The molecule has 0 spiro atoms. The van der Waals surface area contributed by atoms with E-state index in [1.165, 1.54) is 6.92 Å². The molecule has 1 unspecified atom stereocenters. The van der Waals surface area contributed by atoms with Crippen LogP contribution < -0.4 is 0 Å². The SMILES string of the molecule is Cc1sc(Br)cc1C(O)C(C(F)(F)F)C(F)(F)F. The molecule has 0 saturated carbocycles. The molecule has 0 bridgehead atoms. The highest BCUT2D eigenvalue weighted by atomic mass is 79.9. The van der Waals surface area contributed by atoms with E-state index in [0.29, 0.717) is 3.79 Å². The van der Waals surface area contributed by atoms with Gasteiger partial charge in [-0.05, 0) is 34.5 Å². The molecule has 0 aromatic carbocycles. The van der Waals surface area contributed by atoms with Crippen molar-refractivity contribution < 1.29 is 31.4 Å². The summed E-state index contributed by atoms with van der Waals surface area (Å²) in [6.45, 7) is 1.35. The van der Waals surface area contributed by atoms with E-state index in [-0.39, 0.29) is 10.4 Å². The minimum atomic E-state index is -5.56. The summed E-state index contributed by atoms with van der Waals surface area (Å²) in [5.41, 5.74) is -0.369. The van der Waals surface area contributed by atoms with Gasteiger partial charge in [0.2, 0.25) is 0 Å². The van der Waals surface area contributed by atoms with E-state index in [1.807, 2.05) is 0 Å². The Bertz CT molecular complexity index is 410. The molecule has 0 aliphatic carbocycles. The number of aliphatic hydroxyl groups is 1. The molecule has 0 saturated heterocycles. The van der Waals surface area contributed by atoms with Gasteiger partial charge in [0.1, 0.15) is 6.10 Å². The Balaban J connectivity index is 3.19. The van der Waals surface area contributed by atoms with Crippen molar-refractivity contribution in [3.63, 3.8) is 0 Å². The molecule has 0 fully saturated rings. The van der Waals surface area contributed by atoms with Crippen LogP contribution in [0, 0.1) is 12.8 Å². The van der Waals surface area contributed by atoms with Crippen LogP contribution in [0.2, 0.25) is 0 Å². The lowest BCUT2D eigenvalue weighted by atomic mass is 9.95. The van der Waals surface area contributed by atoms with Crippen LogP contribution in [-0.2, 0) is 0 Å². The molecule has 1 aromatic heterocycles. The first-order chi connectivity index (χ1) is 7.94. The summed E-state index contributed by atoms with van der Waals surface area (Å²) in [5.74, 6) is -3.79. The third kappa shape index (κ3) is 3.39. The molecule has 9 heteroatoms. The van der Waals surface area contributed by atoms with Gasteiger partial charge in [0, 0.05) is 4.88 Å². The molecule has 1 nitrogen and oxygen atoms in total. The van der Waals surface area contributed by atoms with Crippen LogP contribution in [-0.4, -0.2) is 17.5 Å². The number of halogens is 7. The van der Waals surface area contributed by atoms with Gasteiger partial charge in [0.05, 0.1) is 3.79 Å². The maximum Gasteiger partial charge on any atom is 0.403 e. The normalized spacial score (nSPS) is 15.2. The van der Waals surface area contributed by atoms with Crippen LogP contribution >= 0.6 is 27.3 Å². The molecule has 0 aliphatic heterocycles. The molecule has 104 valence electrons. The number of hydrogen-bond donors (Lipinski definition) is 1. The van der Waals surface area contributed by atoms with Gasteiger partial charge in [-0.3, -0.25) is 0 Å². The Morgan fingerprint density at radius 3 is 1.89 bits per heavy atom. The molecule has 1 N–H and O–H groups in total. The van der Waals surface area contributed by atoms with E-state index in [2.05, 4.69) is 15.9 Å². The first kappa shape index (κ1) is 15.8. The Kier molecular flexibility index (Phi) is 4.39. The second-order valence-corrected chi connectivity index (χ2v) is 6.20. The first-order valence-corrected chi connectivity index (χ1v) is 6.13. The third-order valence-electron chi connectivity index (χ3n) is 2.27. The van der Waals surface area contributed by atoms with Gasteiger partial charge in [-0.25, -0.2) is 0 Å². The maximum absolute atomic E-state index is 12.4. The van der Waals surface area contributed by atoms with Gasteiger partial charge in [-0.15, -0.1) is 11.3 Å². The lowest BCUT2D eigenvalue weighted by Crippen LogP contribution is -2.40. The van der Waals surface area contributed by atoms with Gasteiger partial charge >= 0.3 is 12.4 Å². The van der Waals surface area contributed by atoms with Crippen LogP contribution in [0.4, 0.5) is 26.3 Å². The van der Waals surface area contributed by atoms with Crippen molar-refractivity contribution in [3.05, 3.63) is 20.3 Å². The van der Waals surface area contributed by atoms with E-state index in [0.717, 1.165) is 17.4 Å². The topological polar surface area (TPSA) is 20.2 Å². The third-order valence-corrected chi connectivity index (χ3v) is 3.84. The van der Waals surface area contributed by atoms with Gasteiger partial charge in [-0.1, -0.05) is 0 Å². The van der Waals surface area contributed by atoms with E-state index >= 15 is 0 Å². The number of aryl methyl sites for hydroxylation is 1. The van der Waals surface area contributed by atoms with Crippen molar-refractivity contribution in [3.8, 4) is 0 Å². The van der Waals surface area contributed by atoms with Crippen LogP contribution in [0.3, 0.4) is 0 Å². The number of thiophene rings is 1. The maximum atomic E-state index is 12.4. The summed E-state index contributed by atoms with van der Waals surface area (Å²) in [5, 5.41) is 9.39. The second-order valence-electron chi connectivity index (χ2n) is 3.57. The predicted molar refractivity (Wildman–Crippen MR) is 57.3 cm³/mol. The zero-order valence-corrected chi connectivity index (χ0v) is 11.1. The molecule has 1 aromatic rings. The van der Waals surface area contributed by atoms with E-state index in [4.69, 9.17) is 0 Å². The monoisotopic (exact) mass is 356 g/mol. The minimum Gasteiger partial charge on any atom is -0.387 e. The standard InChI is InChI=1S/C9H7BrF6OS/c1-3-4(2-5(10)18-3)6(17)7(8(11,12)13)9(14,15)16/h2,6-7,17H,1H3. The fourth-order valence-corrected chi connectivity index (χ4v) is 3.23. The fraction of sp³-hybridized carbons (Fsp3) is 0.556. The number of alkyl halides is 6. The van der Waals surface area contributed by atoms with Crippen molar-refractivity contribution in [1.29, 1.82) is 0 Å². The number of rotatable bonds is 2. The van der Waals surface area contributed by atoms with Gasteiger partial charge in [-0.2, -0.15) is 26.3 Å². The summed E-state index contributed by atoms with van der Waals surface area (Å²) in [6, 6.07) is 1.06. The number of hydrogen-bond acceptors (Lipinski definition) is 2. The number of aliphatic hydroxyl groups excluding tert-OH is 1. The van der Waals surface area contributed by atoms with E-state index in [1.54, 1.807) is 0 Å². The van der Waals surface area contributed by atoms with Gasteiger partial charge < -0.3 is 5.11 Å². The van der Waals surface area contributed by atoms with Crippen LogP contribution in [0.5, 0.6) is 0 Å². The summed E-state index contributed by atoms with van der Waals surface area (Å²) in [6.07, 6.45) is -13.8. The van der Waals surface area contributed by atoms with Crippen LogP contribution in [0.1, 0.15) is 16.5 Å². The molecular weight excluding hydrogens is 350 g/mol. The highest BCUT2D eigenvalue weighted by Crippen LogP contribution is 2.48. The van der Waals surface area contributed by atoms with Crippen molar-refractivity contribution in [2.24, 2.45) is 5.92 Å². The van der Waals surface area contributed by atoms with E-state index in [9.17, 15) is 31.4 Å². The van der Waals surface area contributed by atoms with Gasteiger partial charge in [0.15, 0.2) is 5.92 Å². The predicted octanol–water partition coefficient (Wildman–Crippen LogP) is 4.59. The summed E-state index contributed by atoms with van der Waals surface area (Å²) >= 11 is 3.90. The summed E-state index contributed by atoms with van der Waals surface area (Å²) in [4.78, 5) is 0.202. The fourth-order valence-electron chi connectivity index (χ4n) is 1.48. The largest absolute Gasteiger partial charge is 0.403 e. The Labute approximate surface area is 111 Å². The molecule has 0 amide bonds. The minimum absolute atomic E-state index is 0.202. The molecule has 0 aliphatic rings. The Morgan fingerprint density at radius 2 is 1.61 bits per heavy atom. The van der Waals surface area contributed by atoms with Crippen molar-refractivity contribution in [2.75, 3.05) is 0 Å². The Hall–Kier alpha value is -0.280.